The Balaban J connectivity index is 1.89. The molecule has 5 nitrogen and oxygen atoms in total. The molecule has 1 heterocycles. The maximum Gasteiger partial charge on any atom is 0.241 e. The van der Waals surface area contributed by atoms with Crippen LogP contribution in [0.5, 0.6) is 0 Å². The van der Waals surface area contributed by atoms with E-state index in [9.17, 15) is 4.79 Å². The number of rotatable bonds is 5. The highest BCUT2D eigenvalue weighted by Gasteiger charge is 2.21. The number of carbonyl (C=O) groups excluding carboxylic acids is 1. The van der Waals surface area contributed by atoms with E-state index in [1.807, 2.05) is 18.2 Å². The number of aromatic nitrogens is 2. The number of benzene rings is 1. The molecule has 0 fully saturated rings. The summed E-state index contributed by atoms with van der Waals surface area (Å²) in [6.07, 6.45) is 1.69. The molecule has 3 N–H and O–H groups in total. The normalized spacial score (nSPS) is 11.3. The average Bonchev–Trinajstić information content (AvgIpc) is 2.83. The van der Waals surface area contributed by atoms with Crippen LogP contribution in [-0.4, -0.2) is 22.2 Å². The van der Waals surface area contributed by atoms with Gasteiger partial charge in [-0.25, -0.2) is 0 Å². The van der Waals surface area contributed by atoms with Crippen LogP contribution in [0, 0.1) is 0 Å². The predicted molar refractivity (Wildman–Crippen MR) is 79.1 cm³/mol. The lowest BCUT2D eigenvalue weighted by Crippen LogP contribution is -2.38. The molecule has 0 spiro atoms. The molecular weight excluding hydrogens is 252 g/mol. The van der Waals surface area contributed by atoms with Crippen molar-refractivity contribution in [1.82, 2.24) is 15.1 Å². The monoisotopic (exact) mass is 272 g/mol. The molecular formula is C15H20N4O. The molecule has 0 atom stereocenters. The third-order valence-electron chi connectivity index (χ3n) is 3.25. The Labute approximate surface area is 118 Å². The summed E-state index contributed by atoms with van der Waals surface area (Å²) in [5.74, 6) is 0.347. The van der Waals surface area contributed by atoms with E-state index >= 15 is 0 Å². The van der Waals surface area contributed by atoms with Gasteiger partial charge < -0.3 is 11.1 Å². The first-order valence-electron chi connectivity index (χ1n) is 6.58. The van der Waals surface area contributed by atoms with Crippen LogP contribution in [0.4, 0.5) is 5.82 Å². The van der Waals surface area contributed by atoms with E-state index in [2.05, 4.69) is 36.4 Å². The molecule has 106 valence electrons. The van der Waals surface area contributed by atoms with Gasteiger partial charge in [0, 0.05) is 18.2 Å². The number of amides is 1. The lowest BCUT2D eigenvalue weighted by atomic mass is 9.84. The summed E-state index contributed by atoms with van der Waals surface area (Å²) in [6.45, 7) is 4.97. The zero-order chi connectivity index (χ0) is 14.6. The molecule has 1 aromatic heterocycles. The van der Waals surface area contributed by atoms with Crippen molar-refractivity contribution in [3.63, 3.8) is 0 Å². The largest absolute Gasteiger partial charge is 0.382 e. The van der Waals surface area contributed by atoms with Gasteiger partial charge in [-0.15, -0.1) is 0 Å². The zero-order valence-corrected chi connectivity index (χ0v) is 11.8. The van der Waals surface area contributed by atoms with E-state index in [4.69, 9.17) is 5.73 Å². The van der Waals surface area contributed by atoms with Crippen LogP contribution >= 0.6 is 0 Å². The zero-order valence-electron chi connectivity index (χ0n) is 11.8. The van der Waals surface area contributed by atoms with Crippen LogP contribution in [0.25, 0.3) is 0 Å². The summed E-state index contributed by atoms with van der Waals surface area (Å²) in [7, 11) is 0. The fourth-order valence-electron chi connectivity index (χ4n) is 1.98. The smallest absolute Gasteiger partial charge is 0.241 e. The molecule has 2 rings (SSSR count). The van der Waals surface area contributed by atoms with Crippen molar-refractivity contribution in [2.45, 2.75) is 25.8 Å². The number of anilines is 1. The number of nitrogens with two attached hydrogens (primary N) is 1. The molecule has 5 heteroatoms. The van der Waals surface area contributed by atoms with Gasteiger partial charge in [0.25, 0.3) is 0 Å². The first kappa shape index (κ1) is 14.1. The van der Waals surface area contributed by atoms with Gasteiger partial charge in [-0.2, -0.15) is 5.10 Å². The summed E-state index contributed by atoms with van der Waals surface area (Å²) in [5, 5.41) is 6.93. The first-order chi connectivity index (χ1) is 9.47. The van der Waals surface area contributed by atoms with Crippen LogP contribution in [0.1, 0.15) is 19.4 Å². The topological polar surface area (TPSA) is 72.9 Å². The molecule has 1 amide bonds. The van der Waals surface area contributed by atoms with Crippen molar-refractivity contribution >= 4 is 11.7 Å². The number of nitrogens with zero attached hydrogens (tertiary/aromatic N) is 2. The SMILES string of the molecule is CC(C)(CNC(=O)Cn1ccc(N)n1)c1ccccc1. The summed E-state index contributed by atoms with van der Waals surface area (Å²) in [4.78, 5) is 11.9. The first-order valence-corrected chi connectivity index (χ1v) is 6.58. The number of nitrogens with one attached hydrogen (secondary N) is 1. The van der Waals surface area contributed by atoms with Gasteiger partial charge in [-0.3, -0.25) is 9.48 Å². The average molecular weight is 272 g/mol. The molecule has 0 aliphatic rings. The van der Waals surface area contributed by atoms with E-state index in [0.29, 0.717) is 12.4 Å². The third kappa shape index (κ3) is 3.60. The van der Waals surface area contributed by atoms with Crippen molar-refractivity contribution in [3.8, 4) is 0 Å². The molecule has 0 aliphatic carbocycles. The Morgan fingerprint density at radius 2 is 2.00 bits per heavy atom. The molecule has 0 bridgehead atoms. The Hall–Kier alpha value is -2.30. The molecule has 0 unspecified atom stereocenters. The molecule has 0 saturated carbocycles. The number of hydrogen-bond donors (Lipinski definition) is 2. The van der Waals surface area contributed by atoms with Gasteiger partial charge in [0.05, 0.1) is 0 Å². The lowest BCUT2D eigenvalue weighted by Gasteiger charge is -2.25. The molecule has 0 saturated heterocycles. The molecule has 0 aliphatic heterocycles. The minimum Gasteiger partial charge on any atom is -0.382 e. The van der Waals surface area contributed by atoms with Gasteiger partial charge in [0.1, 0.15) is 12.4 Å². The van der Waals surface area contributed by atoms with Crippen molar-refractivity contribution in [3.05, 3.63) is 48.2 Å². The van der Waals surface area contributed by atoms with Crippen LogP contribution in [0.3, 0.4) is 0 Å². The van der Waals surface area contributed by atoms with E-state index in [0.717, 1.165) is 0 Å². The minimum absolute atomic E-state index is 0.0721. The second-order valence-electron chi connectivity index (χ2n) is 5.46. The van der Waals surface area contributed by atoms with Crippen molar-refractivity contribution in [2.75, 3.05) is 12.3 Å². The highest BCUT2D eigenvalue weighted by molar-refractivity contribution is 5.75. The maximum atomic E-state index is 11.9. The van der Waals surface area contributed by atoms with Gasteiger partial charge in [0.2, 0.25) is 5.91 Å². The minimum atomic E-state index is -0.111. The Morgan fingerprint density at radius 3 is 2.60 bits per heavy atom. The van der Waals surface area contributed by atoms with Crippen molar-refractivity contribution < 1.29 is 4.79 Å². The predicted octanol–water partition coefficient (Wildman–Crippen LogP) is 1.56. The molecule has 1 aromatic carbocycles. The van der Waals surface area contributed by atoms with E-state index in [1.165, 1.54) is 10.2 Å². The number of hydrogen-bond acceptors (Lipinski definition) is 3. The number of nitrogen functional groups attached to an aromatic ring is 1. The molecule has 0 radical (unpaired) electrons. The summed E-state index contributed by atoms with van der Waals surface area (Å²) >= 11 is 0. The Bertz CT molecular complexity index is 575. The van der Waals surface area contributed by atoms with E-state index in [-0.39, 0.29) is 17.9 Å². The fraction of sp³-hybridized carbons (Fsp3) is 0.333. The second-order valence-corrected chi connectivity index (χ2v) is 5.46. The van der Waals surface area contributed by atoms with Crippen LogP contribution < -0.4 is 11.1 Å². The molecule has 2 aromatic rings. The summed E-state index contributed by atoms with van der Waals surface area (Å²) in [6, 6.07) is 11.8. The van der Waals surface area contributed by atoms with Gasteiger partial charge in [0.15, 0.2) is 0 Å². The maximum absolute atomic E-state index is 11.9. The molecule has 20 heavy (non-hydrogen) atoms. The van der Waals surface area contributed by atoms with Gasteiger partial charge in [-0.05, 0) is 11.6 Å². The highest BCUT2D eigenvalue weighted by Crippen LogP contribution is 2.21. The lowest BCUT2D eigenvalue weighted by molar-refractivity contribution is -0.122. The van der Waals surface area contributed by atoms with Crippen molar-refractivity contribution in [1.29, 1.82) is 0 Å². The van der Waals surface area contributed by atoms with E-state index in [1.54, 1.807) is 12.3 Å². The van der Waals surface area contributed by atoms with Crippen LogP contribution in [0.2, 0.25) is 0 Å². The van der Waals surface area contributed by atoms with E-state index < -0.39 is 0 Å². The second kappa shape index (κ2) is 5.77. The quantitative estimate of drug-likeness (QED) is 0.867. The van der Waals surface area contributed by atoms with Crippen LogP contribution in [0.15, 0.2) is 42.6 Å². The summed E-state index contributed by atoms with van der Waals surface area (Å²) in [5.41, 5.74) is 6.60. The van der Waals surface area contributed by atoms with Gasteiger partial charge >= 0.3 is 0 Å². The van der Waals surface area contributed by atoms with Crippen molar-refractivity contribution in [2.24, 2.45) is 0 Å². The standard InChI is InChI=1S/C15H20N4O/c1-15(2,12-6-4-3-5-7-12)11-17-14(20)10-19-9-8-13(16)18-19/h3-9H,10-11H2,1-2H3,(H2,16,18)(H,17,20). The van der Waals surface area contributed by atoms with Crippen LogP contribution in [-0.2, 0) is 16.8 Å². The third-order valence-corrected chi connectivity index (χ3v) is 3.25. The summed E-state index contributed by atoms with van der Waals surface area (Å²) < 4.78 is 1.53. The Morgan fingerprint density at radius 1 is 1.30 bits per heavy atom. The number of carbonyl (C=O) groups is 1. The Kier molecular flexibility index (Phi) is 4.08. The highest BCUT2D eigenvalue weighted by atomic mass is 16.2. The van der Waals surface area contributed by atoms with Gasteiger partial charge in [-0.1, -0.05) is 44.2 Å². The fourth-order valence-corrected chi connectivity index (χ4v) is 1.98.